The van der Waals surface area contributed by atoms with E-state index in [2.05, 4.69) is 26.1 Å². The summed E-state index contributed by atoms with van der Waals surface area (Å²) in [7, 11) is 0. The van der Waals surface area contributed by atoms with Crippen molar-refractivity contribution >= 4 is 11.8 Å². The number of carbonyl (C=O) groups excluding carboxylic acids is 2. The number of hydrogen-bond donors (Lipinski definition) is 3. The molecule has 0 bridgehead atoms. The van der Waals surface area contributed by atoms with E-state index in [4.69, 9.17) is 0 Å². The highest BCUT2D eigenvalue weighted by Gasteiger charge is 2.22. The third-order valence-electron chi connectivity index (χ3n) is 5.84. The maximum atomic E-state index is 14.5. The Morgan fingerprint density at radius 1 is 1.00 bits per heavy atom. The van der Waals surface area contributed by atoms with Gasteiger partial charge < -0.3 is 16.0 Å². The lowest BCUT2D eigenvalue weighted by Crippen LogP contribution is -2.56. The molecule has 0 spiro atoms. The fraction of sp³-hybridized carbons (Fsp3) is 0.455. The van der Waals surface area contributed by atoms with E-state index < -0.39 is 5.82 Å². The lowest BCUT2D eigenvalue weighted by Gasteiger charge is -2.28. The predicted molar refractivity (Wildman–Crippen MR) is 111 cm³/mol. The number of halogens is 1. The molecule has 1 aliphatic carbocycles. The van der Waals surface area contributed by atoms with E-state index in [1.165, 1.54) is 12.5 Å². The second kappa shape index (κ2) is 8.87. The molecule has 1 aromatic heterocycles. The average Bonchev–Trinajstić information content (AvgIpc) is 2.73. The Kier molecular flexibility index (Phi) is 6.03. The summed E-state index contributed by atoms with van der Waals surface area (Å²) < 4.78 is 14.5. The zero-order valence-corrected chi connectivity index (χ0v) is 17.0. The van der Waals surface area contributed by atoms with Gasteiger partial charge in [-0.3, -0.25) is 9.59 Å². The number of amides is 2. The first-order valence-corrected chi connectivity index (χ1v) is 10.5. The van der Waals surface area contributed by atoms with Crippen LogP contribution in [0.5, 0.6) is 0 Å². The van der Waals surface area contributed by atoms with Crippen molar-refractivity contribution in [3.05, 3.63) is 46.9 Å². The first kappa shape index (κ1) is 20.4. The van der Waals surface area contributed by atoms with Gasteiger partial charge in [0.25, 0.3) is 11.8 Å². The molecule has 1 saturated carbocycles. The number of benzene rings is 1. The van der Waals surface area contributed by atoms with E-state index in [9.17, 15) is 14.0 Å². The summed E-state index contributed by atoms with van der Waals surface area (Å²) in [6, 6.07) is 6.33. The van der Waals surface area contributed by atoms with Crippen molar-refractivity contribution in [3.8, 4) is 11.3 Å². The quantitative estimate of drug-likeness (QED) is 0.702. The minimum absolute atomic E-state index is 0.0621. The third-order valence-corrected chi connectivity index (χ3v) is 5.84. The normalized spacial score (nSPS) is 17.3. The van der Waals surface area contributed by atoms with E-state index in [0.29, 0.717) is 29.9 Å². The molecule has 7 nitrogen and oxygen atoms in total. The Morgan fingerprint density at radius 3 is 2.37 bits per heavy atom. The van der Waals surface area contributed by atoms with Gasteiger partial charge in [-0.05, 0) is 49.6 Å². The van der Waals surface area contributed by atoms with Gasteiger partial charge >= 0.3 is 0 Å². The maximum Gasteiger partial charge on any atom is 0.272 e. The summed E-state index contributed by atoms with van der Waals surface area (Å²) in [4.78, 5) is 24.9. The second-order valence-corrected chi connectivity index (χ2v) is 8.07. The van der Waals surface area contributed by atoms with Gasteiger partial charge in [0.2, 0.25) is 0 Å². The molecule has 2 heterocycles. The molecule has 2 amide bonds. The van der Waals surface area contributed by atoms with Crippen LogP contribution >= 0.6 is 0 Å². The molecule has 1 saturated heterocycles. The van der Waals surface area contributed by atoms with Crippen LogP contribution < -0.4 is 16.0 Å². The number of rotatable bonds is 5. The fourth-order valence-corrected chi connectivity index (χ4v) is 3.84. The largest absolute Gasteiger partial charge is 0.348 e. The molecule has 4 rings (SSSR count). The van der Waals surface area contributed by atoms with Gasteiger partial charge in [0, 0.05) is 30.3 Å². The first-order valence-electron chi connectivity index (χ1n) is 10.5. The molecule has 8 heteroatoms. The molecule has 2 aromatic rings. The lowest BCUT2D eigenvalue weighted by atomic mass is 9.95. The third kappa shape index (κ3) is 4.48. The van der Waals surface area contributed by atoms with Crippen LogP contribution in [0.15, 0.2) is 24.3 Å². The van der Waals surface area contributed by atoms with Crippen molar-refractivity contribution in [2.75, 3.05) is 13.1 Å². The van der Waals surface area contributed by atoms with Gasteiger partial charge in [-0.1, -0.05) is 19.3 Å². The molecule has 30 heavy (non-hydrogen) atoms. The van der Waals surface area contributed by atoms with Crippen molar-refractivity contribution in [1.82, 2.24) is 26.1 Å². The van der Waals surface area contributed by atoms with Gasteiger partial charge in [-0.2, -0.15) is 0 Å². The molecule has 1 aromatic carbocycles. The smallest absolute Gasteiger partial charge is 0.272 e. The standard InChI is InChI=1S/C22H26FN5O2/c1-13-17(9-14(10-18(13)23)21(29)26-16-11-24-12-16)19-7-8-20(28-27-19)22(30)25-15-5-3-2-4-6-15/h7-10,15-16,24H,2-6,11-12H2,1H3,(H,25,30)(H,26,29). The van der Waals surface area contributed by atoms with Gasteiger partial charge in [-0.25, -0.2) is 4.39 Å². The minimum atomic E-state index is -0.481. The number of nitrogens with one attached hydrogen (secondary N) is 3. The molecule has 2 aliphatic rings. The minimum Gasteiger partial charge on any atom is -0.348 e. The van der Waals surface area contributed by atoms with Crippen LogP contribution in [0.4, 0.5) is 4.39 Å². The lowest BCUT2D eigenvalue weighted by molar-refractivity contribution is 0.0914. The topological polar surface area (TPSA) is 96.0 Å². The monoisotopic (exact) mass is 411 g/mol. The Morgan fingerprint density at radius 2 is 1.73 bits per heavy atom. The summed E-state index contributed by atoms with van der Waals surface area (Å²) in [5, 5.41) is 17.1. The van der Waals surface area contributed by atoms with Gasteiger partial charge in [0.05, 0.1) is 11.7 Å². The molecule has 158 valence electrons. The second-order valence-electron chi connectivity index (χ2n) is 8.07. The van der Waals surface area contributed by atoms with E-state index in [-0.39, 0.29) is 35.2 Å². The van der Waals surface area contributed by atoms with Crippen molar-refractivity contribution in [2.45, 2.75) is 51.1 Å². The number of carbonyl (C=O) groups is 2. The average molecular weight is 411 g/mol. The Balaban J connectivity index is 1.51. The first-order chi connectivity index (χ1) is 14.5. The van der Waals surface area contributed by atoms with E-state index >= 15 is 0 Å². The van der Waals surface area contributed by atoms with Crippen molar-refractivity contribution in [1.29, 1.82) is 0 Å². The molecule has 0 radical (unpaired) electrons. The van der Waals surface area contributed by atoms with Crippen LogP contribution in [-0.2, 0) is 0 Å². The van der Waals surface area contributed by atoms with Crippen LogP contribution in [-0.4, -0.2) is 47.2 Å². The Hall–Kier alpha value is -2.87. The van der Waals surface area contributed by atoms with Crippen LogP contribution in [0.2, 0.25) is 0 Å². The van der Waals surface area contributed by atoms with Gasteiger partial charge in [0.15, 0.2) is 5.69 Å². The summed E-state index contributed by atoms with van der Waals surface area (Å²) in [6.45, 7) is 3.05. The number of aromatic nitrogens is 2. The van der Waals surface area contributed by atoms with Crippen molar-refractivity contribution < 1.29 is 14.0 Å². The summed E-state index contributed by atoms with van der Waals surface area (Å²) >= 11 is 0. The Labute approximate surface area is 174 Å². The zero-order valence-electron chi connectivity index (χ0n) is 17.0. The summed E-state index contributed by atoms with van der Waals surface area (Å²) in [5.74, 6) is -1.05. The van der Waals surface area contributed by atoms with Crippen molar-refractivity contribution in [2.24, 2.45) is 0 Å². The molecule has 1 aliphatic heterocycles. The molecule has 0 atom stereocenters. The molecular formula is C22H26FN5O2. The predicted octanol–water partition coefficient (Wildman–Crippen LogP) is 2.36. The highest BCUT2D eigenvalue weighted by Crippen LogP contribution is 2.25. The van der Waals surface area contributed by atoms with Crippen LogP contribution in [0.1, 0.15) is 58.5 Å². The number of hydrogen-bond acceptors (Lipinski definition) is 5. The van der Waals surface area contributed by atoms with Crippen LogP contribution in [0.3, 0.4) is 0 Å². The molecule has 2 fully saturated rings. The van der Waals surface area contributed by atoms with Gasteiger partial charge in [-0.15, -0.1) is 10.2 Å². The van der Waals surface area contributed by atoms with Crippen molar-refractivity contribution in [3.63, 3.8) is 0 Å². The summed E-state index contributed by atoms with van der Waals surface area (Å²) in [5.41, 5.74) is 1.75. The van der Waals surface area contributed by atoms with E-state index in [0.717, 1.165) is 25.7 Å². The maximum absolute atomic E-state index is 14.5. The highest BCUT2D eigenvalue weighted by atomic mass is 19.1. The SMILES string of the molecule is Cc1c(F)cc(C(=O)NC2CNC2)cc1-c1ccc(C(=O)NC2CCCCC2)nn1. The van der Waals surface area contributed by atoms with E-state index in [1.54, 1.807) is 25.1 Å². The zero-order chi connectivity index (χ0) is 21.1. The highest BCUT2D eigenvalue weighted by molar-refractivity contribution is 5.96. The Bertz CT molecular complexity index is 937. The molecule has 0 unspecified atom stereocenters. The van der Waals surface area contributed by atoms with E-state index in [1.807, 2.05) is 0 Å². The van der Waals surface area contributed by atoms with Crippen LogP contribution in [0, 0.1) is 12.7 Å². The number of nitrogens with zero attached hydrogens (tertiary/aromatic N) is 2. The molecular weight excluding hydrogens is 385 g/mol. The van der Waals surface area contributed by atoms with Crippen LogP contribution in [0.25, 0.3) is 11.3 Å². The fourth-order valence-electron chi connectivity index (χ4n) is 3.84. The van der Waals surface area contributed by atoms with Gasteiger partial charge in [0.1, 0.15) is 5.82 Å². The molecule has 3 N–H and O–H groups in total. The summed E-state index contributed by atoms with van der Waals surface area (Å²) in [6.07, 6.45) is 5.44.